The number of morpholine rings is 1. The van der Waals surface area contributed by atoms with Crippen molar-refractivity contribution in [3.8, 4) is 0 Å². The highest BCUT2D eigenvalue weighted by Crippen LogP contribution is 2.24. The molecule has 5 rings (SSSR count). The minimum Gasteiger partial charge on any atom is -0.378 e. The van der Waals surface area contributed by atoms with Crippen LogP contribution in [0.1, 0.15) is 27.6 Å². The maximum Gasteiger partial charge on any atom is 0.257 e. The fraction of sp³-hybridized carbons (Fsp3) is 0.357. The minimum absolute atomic E-state index is 0.248. The fourth-order valence-electron chi connectivity index (χ4n) is 4.64. The average Bonchev–Trinajstić information content (AvgIpc) is 2.99. The molecule has 11 heteroatoms. The van der Waals surface area contributed by atoms with Crippen molar-refractivity contribution in [2.45, 2.75) is 6.92 Å². The molecule has 0 radical (unpaired) electrons. The van der Waals surface area contributed by atoms with Crippen LogP contribution in [0.5, 0.6) is 0 Å². The number of likely N-dealkylation sites (N-methyl/N-ethyl adjacent to an activating group) is 1. The van der Waals surface area contributed by atoms with E-state index in [1.54, 1.807) is 42.7 Å². The summed E-state index contributed by atoms with van der Waals surface area (Å²) >= 11 is 6.34. The fourth-order valence-corrected chi connectivity index (χ4v) is 4.85. The third-order valence-electron chi connectivity index (χ3n) is 6.96. The van der Waals surface area contributed by atoms with E-state index in [0.29, 0.717) is 30.2 Å². The summed E-state index contributed by atoms with van der Waals surface area (Å²) in [5.41, 5.74) is 1.74. The number of piperazine rings is 1. The van der Waals surface area contributed by atoms with Gasteiger partial charge in [-0.25, -0.2) is 9.97 Å². The molecular formula is C28H32ClN7O3. The number of halogens is 1. The Morgan fingerprint density at radius 3 is 2.28 bits per heavy atom. The van der Waals surface area contributed by atoms with Crippen molar-refractivity contribution in [2.24, 2.45) is 0 Å². The SMILES string of the molecule is CCN1CCN(c2ccc(NC(=O)c3cc(NC(=O)c4ccnc(N5CCOCC5)c4)ccc3Cl)cn2)CC1. The summed E-state index contributed by atoms with van der Waals surface area (Å²) in [5, 5.41) is 5.99. The Morgan fingerprint density at radius 1 is 0.846 bits per heavy atom. The molecule has 2 aliphatic rings. The molecule has 39 heavy (non-hydrogen) atoms. The van der Waals surface area contributed by atoms with E-state index >= 15 is 0 Å². The lowest BCUT2D eigenvalue weighted by molar-refractivity contribution is 0.101. The van der Waals surface area contributed by atoms with E-state index in [9.17, 15) is 9.59 Å². The van der Waals surface area contributed by atoms with E-state index in [1.165, 1.54) is 0 Å². The van der Waals surface area contributed by atoms with Crippen molar-refractivity contribution < 1.29 is 14.3 Å². The summed E-state index contributed by atoms with van der Waals surface area (Å²) in [7, 11) is 0. The summed E-state index contributed by atoms with van der Waals surface area (Å²) < 4.78 is 5.39. The van der Waals surface area contributed by atoms with E-state index in [0.717, 1.165) is 57.4 Å². The second kappa shape index (κ2) is 12.4. The number of rotatable bonds is 7. The first-order valence-electron chi connectivity index (χ1n) is 13.1. The van der Waals surface area contributed by atoms with E-state index in [4.69, 9.17) is 16.3 Å². The smallest absolute Gasteiger partial charge is 0.257 e. The highest BCUT2D eigenvalue weighted by molar-refractivity contribution is 6.34. The third-order valence-corrected chi connectivity index (χ3v) is 7.29. The van der Waals surface area contributed by atoms with Gasteiger partial charge in [-0.1, -0.05) is 18.5 Å². The second-order valence-corrected chi connectivity index (χ2v) is 9.84. The normalized spacial score (nSPS) is 16.2. The number of amides is 2. The largest absolute Gasteiger partial charge is 0.378 e. The molecule has 0 spiro atoms. The number of carbonyl (C=O) groups is 2. The number of nitrogens with zero attached hydrogens (tertiary/aromatic N) is 5. The number of hydrogen-bond acceptors (Lipinski definition) is 8. The number of nitrogens with one attached hydrogen (secondary N) is 2. The van der Waals surface area contributed by atoms with Crippen LogP contribution in [0.4, 0.5) is 23.0 Å². The van der Waals surface area contributed by atoms with Crippen LogP contribution in [0.3, 0.4) is 0 Å². The maximum absolute atomic E-state index is 13.0. The van der Waals surface area contributed by atoms with Gasteiger partial charge < -0.3 is 30.1 Å². The van der Waals surface area contributed by atoms with Crippen molar-refractivity contribution in [1.82, 2.24) is 14.9 Å². The van der Waals surface area contributed by atoms with Crippen LogP contribution in [0.25, 0.3) is 0 Å². The molecule has 3 aromatic rings. The Kier molecular flexibility index (Phi) is 8.55. The summed E-state index contributed by atoms with van der Waals surface area (Å²) in [4.78, 5) is 41.7. The van der Waals surface area contributed by atoms with Crippen molar-refractivity contribution in [1.29, 1.82) is 0 Å². The van der Waals surface area contributed by atoms with Crippen LogP contribution < -0.4 is 20.4 Å². The van der Waals surface area contributed by atoms with Gasteiger partial charge in [-0.2, -0.15) is 0 Å². The molecule has 0 atom stereocenters. The van der Waals surface area contributed by atoms with E-state index < -0.39 is 0 Å². The molecule has 1 aromatic carbocycles. The third kappa shape index (κ3) is 6.65. The van der Waals surface area contributed by atoms with Crippen molar-refractivity contribution in [3.63, 3.8) is 0 Å². The molecule has 204 valence electrons. The number of benzene rings is 1. The number of anilines is 4. The molecule has 0 aliphatic carbocycles. The van der Waals surface area contributed by atoms with Gasteiger partial charge in [-0.05, 0) is 49.0 Å². The maximum atomic E-state index is 13.0. The first-order chi connectivity index (χ1) is 19.0. The predicted octanol–water partition coefficient (Wildman–Crippen LogP) is 3.61. The van der Waals surface area contributed by atoms with Gasteiger partial charge in [0.25, 0.3) is 11.8 Å². The Morgan fingerprint density at radius 2 is 1.56 bits per heavy atom. The molecule has 2 aliphatic heterocycles. The van der Waals surface area contributed by atoms with Crippen LogP contribution in [0.15, 0.2) is 54.9 Å². The van der Waals surface area contributed by atoms with Crippen LogP contribution in [0.2, 0.25) is 5.02 Å². The summed E-state index contributed by atoms with van der Waals surface area (Å²) in [6.07, 6.45) is 3.26. The highest BCUT2D eigenvalue weighted by atomic mass is 35.5. The standard InChI is InChI=1S/C28H32ClN7O3/c1-2-34-9-11-35(12-10-34)25-6-4-22(19-31-25)33-28(38)23-18-21(3-5-24(23)29)32-27(37)20-7-8-30-26(17-20)36-13-15-39-16-14-36/h3-8,17-19H,2,9-16H2,1H3,(H,32,37)(H,33,38). The van der Waals surface area contributed by atoms with Crippen LogP contribution in [0, 0.1) is 0 Å². The van der Waals surface area contributed by atoms with Crippen molar-refractivity contribution in [3.05, 3.63) is 71.0 Å². The number of aromatic nitrogens is 2. The Bertz CT molecular complexity index is 1310. The van der Waals surface area contributed by atoms with Gasteiger partial charge in [0.05, 0.1) is 35.7 Å². The van der Waals surface area contributed by atoms with Crippen LogP contribution >= 0.6 is 11.6 Å². The molecule has 0 bridgehead atoms. The summed E-state index contributed by atoms with van der Waals surface area (Å²) in [6, 6.07) is 12.0. The molecule has 4 heterocycles. The lowest BCUT2D eigenvalue weighted by atomic mass is 10.1. The quantitative estimate of drug-likeness (QED) is 0.461. The van der Waals surface area contributed by atoms with E-state index in [1.807, 2.05) is 12.1 Å². The number of hydrogen-bond donors (Lipinski definition) is 2. The molecular weight excluding hydrogens is 518 g/mol. The zero-order chi connectivity index (χ0) is 27.2. The average molecular weight is 550 g/mol. The van der Waals surface area contributed by atoms with E-state index in [2.05, 4.69) is 42.2 Å². The molecule has 2 N–H and O–H groups in total. The monoisotopic (exact) mass is 549 g/mol. The first kappa shape index (κ1) is 26.9. The number of pyridine rings is 2. The number of ether oxygens (including phenoxy) is 1. The van der Waals surface area contributed by atoms with Gasteiger partial charge in [0.15, 0.2) is 0 Å². The summed E-state index contributed by atoms with van der Waals surface area (Å²) in [5.74, 6) is 0.922. The van der Waals surface area contributed by atoms with Gasteiger partial charge in [0.1, 0.15) is 11.6 Å². The van der Waals surface area contributed by atoms with Gasteiger partial charge in [0, 0.05) is 56.7 Å². The van der Waals surface area contributed by atoms with Gasteiger partial charge in [-0.3, -0.25) is 9.59 Å². The topological polar surface area (TPSA) is 103 Å². The van der Waals surface area contributed by atoms with E-state index in [-0.39, 0.29) is 22.4 Å². The lowest BCUT2D eigenvalue weighted by Crippen LogP contribution is -2.46. The molecule has 0 unspecified atom stereocenters. The molecule has 2 aromatic heterocycles. The zero-order valence-corrected chi connectivity index (χ0v) is 22.7. The second-order valence-electron chi connectivity index (χ2n) is 9.43. The van der Waals surface area contributed by atoms with Crippen LogP contribution in [-0.4, -0.2) is 85.7 Å². The number of carbonyl (C=O) groups excluding carboxylic acids is 2. The molecule has 2 fully saturated rings. The molecule has 2 amide bonds. The van der Waals surface area contributed by atoms with Crippen molar-refractivity contribution in [2.75, 3.05) is 79.5 Å². The Hall–Kier alpha value is -3.73. The zero-order valence-electron chi connectivity index (χ0n) is 21.9. The Balaban J connectivity index is 1.22. The van der Waals surface area contributed by atoms with Gasteiger partial charge in [0.2, 0.25) is 0 Å². The Labute approximate surface area is 232 Å². The summed E-state index contributed by atoms with van der Waals surface area (Å²) in [6.45, 7) is 9.81. The molecule has 2 saturated heterocycles. The van der Waals surface area contributed by atoms with Gasteiger partial charge in [-0.15, -0.1) is 0 Å². The molecule has 0 saturated carbocycles. The van der Waals surface area contributed by atoms with Gasteiger partial charge >= 0.3 is 0 Å². The van der Waals surface area contributed by atoms with Crippen molar-refractivity contribution >= 4 is 46.4 Å². The van der Waals surface area contributed by atoms with Crippen LogP contribution in [-0.2, 0) is 4.74 Å². The molecule has 10 nitrogen and oxygen atoms in total. The first-order valence-corrected chi connectivity index (χ1v) is 13.5. The predicted molar refractivity (Wildman–Crippen MR) is 153 cm³/mol. The lowest BCUT2D eigenvalue weighted by Gasteiger charge is -2.34. The highest BCUT2D eigenvalue weighted by Gasteiger charge is 2.18. The minimum atomic E-state index is -0.388.